The highest BCUT2D eigenvalue weighted by Gasteiger charge is 2.63. The maximum absolute atomic E-state index is 12.8. The Labute approximate surface area is 651 Å². The highest BCUT2D eigenvalue weighted by Crippen LogP contribution is 2.65. The zero-order valence-corrected chi connectivity index (χ0v) is 67.4. The van der Waals surface area contributed by atoms with E-state index in [0.29, 0.717) is 158 Å². The molecule has 24 heteroatoms. The molecule has 0 aromatic carbocycles. The fraction of sp³-hybridized carbons (Fsp3) is 0.977. The van der Waals surface area contributed by atoms with Crippen molar-refractivity contribution in [1.82, 2.24) is 0 Å². The molecule has 0 aliphatic heterocycles. The number of aliphatic hydroxyl groups is 4. The highest BCUT2D eigenvalue weighted by atomic mass is 19.3. The predicted molar refractivity (Wildman–Crippen MR) is 392 cm³/mol. The molecule has 0 heterocycles. The number of ketones is 2. The summed E-state index contributed by atoms with van der Waals surface area (Å²) in [5.41, 5.74) is -1.93. The number of ether oxygens (including phenoxy) is 6. The van der Waals surface area contributed by atoms with Crippen molar-refractivity contribution in [3.05, 3.63) is 0 Å². The number of alkyl halides is 12. The number of hydrogen-bond acceptors (Lipinski definition) is 12. The van der Waals surface area contributed by atoms with Crippen molar-refractivity contribution in [2.45, 2.75) is 293 Å². The summed E-state index contributed by atoms with van der Waals surface area (Å²) in [7, 11) is 0. The van der Waals surface area contributed by atoms with E-state index in [0.717, 1.165) is 214 Å². The molecular formula is C87H134F12O12. The van der Waals surface area contributed by atoms with Crippen LogP contribution in [0.2, 0.25) is 0 Å². The zero-order valence-electron chi connectivity index (χ0n) is 67.4. The van der Waals surface area contributed by atoms with Gasteiger partial charge in [0.25, 0.3) is 35.5 Å². The number of halogens is 12. The fourth-order valence-corrected chi connectivity index (χ4v) is 28.6. The second-order valence-electron chi connectivity index (χ2n) is 42.0. The first kappa shape index (κ1) is 86.9. The molecule has 12 nitrogen and oxygen atoms in total. The first-order valence-electron chi connectivity index (χ1n) is 43.3. The minimum absolute atomic E-state index is 0.0235. The largest absolute Gasteiger partial charge is 0.390 e. The molecular weight excluding hydrogens is 1460 g/mol. The van der Waals surface area contributed by atoms with Crippen molar-refractivity contribution in [2.75, 3.05) is 79.3 Å². The number of Topliss-reactive ketones (excluding diaryl/α,β-unsaturated/α-hetero) is 2. The SMILES string of the molecule is CC(F)(F)COCC12CC3CC(C1)C(=O)C(C3)C2.CC(F)(F)COCC1C2CC3CC(C2)C(=O)C1C3.CC(F)(F)COCC1C2CC3CC(C2)C(C)(O)C1C3.CC(F)(F)COCC1C2CC3CC1CC(O)(C3)C2.CC(F)(F)COCC1C2CC3CC1CC(O)(C3)C2.CCC1(O)C2CC3CC1CC(C2)C3COCC(C)(F)F. The van der Waals surface area contributed by atoms with Gasteiger partial charge < -0.3 is 48.8 Å². The highest BCUT2D eigenvalue weighted by molar-refractivity contribution is 5.86. The molecule has 0 aromatic heterocycles. The molecule has 24 rings (SSSR count). The van der Waals surface area contributed by atoms with Crippen LogP contribution in [0, 0.1) is 159 Å². The first-order chi connectivity index (χ1) is 51.6. The van der Waals surface area contributed by atoms with Gasteiger partial charge in [-0.05, 0) is 322 Å². The summed E-state index contributed by atoms with van der Waals surface area (Å²) in [4.78, 5) is 24.1. The van der Waals surface area contributed by atoms with E-state index >= 15 is 0 Å². The molecule has 4 N–H and O–H groups in total. The Morgan fingerprint density at radius 2 is 0.667 bits per heavy atom. The van der Waals surface area contributed by atoms with Crippen molar-refractivity contribution in [2.24, 2.45) is 159 Å². The molecule has 0 aromatic rings. The van der Waals surface area contributed by atoms with Crippen molar-refractivity contribution in [3.63, 3.8) is 0 Å². The van der Waals surface area contributed by atoms with Crippen molar-refractivity contribution in [1.29, 1.82) is 0 Å². The lowest BCUT2D eigenvalue weighted by molar-refractivity contribution is -0.204. The van der Waals surface area contributed by atoms with Crippen LogP contribution in [0.5, 0.6) is 0 Å². The summed E-state index contributed by atoms with van der Waals surface area (Å²) in [5.74, 6) is -4.01. The molecule has 24 aliphatic rings. The van der Waals surface area contributed by atoms with Gasteiger partial charge >= 0.3 is 0 Å². The summed E-state index contributed by atoms with van der Waals surface area (Å²) in [6, 6.07) is 0. The second-order valence-corrected chi connectivity index (χ2v) is 42.0. The summed E-state index contributed by atoms with van der Waals surface area (Å²) in [6.45, 7) is 8.94. The lowest BCUT2D eigenvalue weighted by Gasteiger charge is -2.61. The molecule has 111 heavy (non-hydrogen) atoms. The number of carbonyl (C=O) groups is 2. The quantitative estimate of drug-likeness (QED) is 0.0639. The van der Waals surface area contributed by atoms with Crippen LogP contribution in [0.3, 0.4) is 0 Å². The van der Waals surface area contributed by atoms with Crippen LogP contribution >= 0.6 is 0 Å². The van der Waals surface area contributed by atoms with Gasteiger partial charge in [0.05, 0.1) is 62.0 Å². The topological polar surface area (TPSA) is 170 Å². The Hall–Kier alpha value is -1.90. The van der Waals surface area contributed by atoms with E-state index in [4.69, 9.17) is 28.4 Å². The summed E-state index contributed by atoms with van der Waals surface area (Å²) in [6.07, 6.45) is 28.6. The minimum Gasteiger partial charge on any atom is -0.390 e. The molecule has 24 bridgehead atoms. The Bertz CT molecular complexity index is 2980. The Kier molecular flexibility index (Phi) is 25.8. The van der Waals surface area contributed by atoms with E-state index in [2.05, 4.69) is 6.92 Å². The van der Waals surface area contributed by atoms with Crippen LogP contribution in [0.4, 0.5) is 52.7 Å². The average molecular weight is 1600 g/mol. The average Bonchev–Trinajstić information content (AvgIpc) is 0.727. The van der Waals surface area contributed by atoms with Gasteiger partial charge in [0.15, 0.2) is 0 Å². The van der Waals surface area contributed by atoms with Crippen LogP contribution in [-0.4, -0.2) is 169 Å². The Morgan fingerprint density at radius 3 is 1.07 bits per heavy atom. The summed E-state index contributed by atoms with van der Waals surface area (Å²) in [5, 5.41) is 42.4. The molecule has 0 saturated heterocycles. The molecule has 24 saturated carbocycles. The van der Waals surface area contributed by atoms with Crippen LogP contribution in [0.25, 0.3) is 0 Å². The smallest absolute Gasteiger partial charge is 0.268 e. The predicted octanol–water partition coefficient (Wildman–Crippen LogP) is 18.2. The van der Waals surface area contributed by atoms with Crippen molar-refractivity contribution < 1.29 is 111 Å². The van der Waals surface area contributed by atoms with Gasteiger partial charge in [-0.3, -0.25) is 9.59 Å². The Balaban J connectivity index is 0.000000117. The van der Waals surface area contributed by atoms with Crippen LogP contribution in [-0.2, 0) is 38.0 Å². The second kappa shape index (κ2) is 32.9. The third-order valence-corrected chi connectivity index (χ3v) is 32.1. The van der Waals surface area contributed by atoms with E-state index in [9.17, 15) is 82.7 Å². The molecule has 24 aliphatic carbocycles. The normalized spacial score (nSPS) is 45.8. The van der Waals surface area contributed by atoms with E-state index in [1.54, 1.807) is 0 Å². The standard InChI is InChI=1S/C16H26F2O2.C15H24F2O2.C14H20F2O2.2C14H22F2O2.C14H20F2O2/c1-3-16(19)12-4-10-5-13(16)7-11(6-12)14(10)8-20-9-15(2,17)18;1-14(16,17)8-19-7-12-10-3-9-4-11(6-10)15(2,18)13(12)5-9;1-13(15,16)7-18-8-14-4-9-2-10(5-14)12(17)11(3-9)6-14;2*1-13(15,16)8-18-7-12-10-2-9-3-11(12)6-14(17,4-9)5-10;1-14(15,16)7-18-6-12-9-2-8-3-10(5-9)13(17)11(12)4-8/h10-14,19H,3-9H2,1-2H3;9-13,18H,3-8H2,1-2H3;9-11H,2-8H2,1H3;2*9-12,17H,2-8H2,1H3;8-12H,2-7H2,1H3. The lowest BCUT2D eigenvalue weighted by Crippen LogP contribution is -2.61. The van der Waals surface area contributed by atoms with Crippen LogP contribution in [0.15, 0.2) is 0 Å². The van der Waals surface area contributed by atoms with Gasteiger partial charge in [0, 0.05) is 65.2 Å². The number of hydrogen-bond donors (Lipinski definition) is 4. The van der Waals surface area contributed by atoms with Crippen molar-refractivity contribution >= 4 is 11.6 Å². The summed E-state index contributed by atoms with van der Waals surface area (Å²) >= 11 is 0. The van der Waals surface area contributed by atoms with Gasteiger partial charge in [-0.2, -0.15) is 0 Å². The van der Waals surface area contributed by atoms with Crippen LogP contribution < -0.4 is 0 Å². The minimum atomic E-state index is -2.77. The lowest BCUT2D eigenvalue weighted by atomic mass is 9.46. The fourth-order valence-electron chi connectivity index (χ4n) is 28.6. The van der Waals surface area contributed by atoms with Gasteiger partial charge in [-0.15, -0.1) is 0 Å². The maximum atomic E-state index is 12.8. The monoisotopic (exact) mass is 1600 g/mol. The van der Waals surface area contributed by atoms with E-state index in [1.165, 1.54) is 12.8 Å². The van der Waals surface area contributed by atoms with Crippen LogP contribution in [0.1, 0.15) is 235 Å². The molecule has 17 unspecified atom stereocenters. The zero-order chi connectivity index (χ0) is 80.2. The Morgan fingerprint density at radius 1 is 0.333 bits per heavy atom. The van der Waals surface area contributed by atoms with Gasteiger partial charge in [-0.25, -0.2) is 52.7 Å². The third kappa shape index (κ3) is 20.9. The van der Waals surface area contributed by atoms with E-state index in [1.807, 2.05) is 6.92 Å². The van der Waals surface area contributed by atoms with Gasteiger partial charge in [0.2, 0.25) is 0 Å². The van der Waals surface area contributed by atoms with Gasteiger partial charge in [0.1, 0.15) is 51.2 Å². The molecule has 24 fully saturated rings. The van der Waals surface area contributed by atoms with Gasteiger partial charge in [-0.1, -0.05) is 6.92 Å². The molecule has 638 valence electrons. The van der Waals surface area contributed by atoms with E-state index in [-0.39, 0.29) is 46.8 Å². The van der Waals surface area contributed by atoms with Crippen molar-refractivity contribution in [3.8, 4) is 0 Å². The first-order valence-corrected chi connectivity index (χ1v) is 43.3. The maximum Gasteiger partial charge on any atom is 0.268 e. The third-order valence-electron chi connectivity index (χ3n) is 32.1. The molecule has 17 atom stereocenters. The van der Waals surface area contributed by atoms with E-state index < -0.39 is 97.6 Å². The number of carbonyl (C=O) groups excluding carboxylic acids is 2. The molecule has 0 amide bonds. The summed E-state index contributed by atoms with van der Waals surface area (Å²) < 4.78 is 185. The molecule has 0 radical (unpaired) electrons. The molecule has 0 spiro atoms. The number of rotatable bonds is 25.